The molecule has 0 heterocycles. The second kappa shape index (κ2) is 6.83. The normalized spacial score (nSPS) is 11.4. The Morgan fingerprint density at radius 1 is 0.538 bits per heavy atom. The van der Waals surface area contributed by atoms with Gasteiger partial charge in [0, 0.05) is 48.7 Å². The van der Waals surface area contributed by atoms with Gasteiger partial charge >= 0.3 is 0 Å². The standard InChI is InChI=1S/C24H32N2/c1-9-25(7)23-19-15(3)11-13-17(5)21(19)24(26(8)10-2)22-18(6)14-12-16(4)20(22)23/h11-14H,9-10H2,1-8H3. The Morgan fingerprint density at radius 2 is 0.769 bits per heavy atom. The molecule has 0 atom stereocenters. The first-order valence-corrected chi connectivity index (χ1v) is 9.71. The van der Waals surface area contributed by atoms with E-state index in [1.165, 1.54) is 55.2 Å². The largest absolute Gasteiger partial charge is 0.374 e. The average Bonchev–Trinajstić information content (AvgIpc) is 2.64. The van der Waals surface area contributed by atoms with Crippen molar-refractivity contribution in [3.63, 3.8) is 0 Å². The summed E-state index contributed by atoms with van der Waals surface area (Å²) in [5.41, 5.74) is 8.19. The highest BCUT2D eigenvalue weighted by Gasteiger charge is 2.22. The van der Waals surface area contributed by atoms with Crippen LogP contribution in [0.25, 0.3) is 21.5 Å². The van der Waals surface area contributed by atoms with Gasteiger partial charge in [0.05, 0.1) is 11.4 Å². The Bertz CT molecular complexity index is 836. The van der Waals surface area contributed by atoms with Gasteiger partial charge in [-0.15, -0.1) is 0 Å². The summed E-state index contributed by atoms with van der Waals surface area (Å²) in [4.78, 5) is 4.83. The second-order valence-corrected chi connectivity index (χ2v) is 7.62. The van der Waals surface area contributed by atoms with E-state index in [1.807, 2.05) is 0 Å². The smallest absolute Gasteiger partial charge is 0.0530 e. The molecule has 3 rings (SSSR count). The molecule has 0 spiro atoms. The molecule has 0 aliphatic rings. The summed E-state index contributed by atoms with van der Waals surface area (Å²) in [7, 11) is 4.45. The zero-order chi connectivity index (χ0) is 19.2. The maximum absolute atomic E-state index is 2.42. The zero-order valence-corrected chi connectivity index (χ0v) is 17.6. The van der Waals surface area contributed by atoms with Gasteiger partial charge in [-0.1, -0.05) is 24.3 Å². The summed E-state index contributed by atoms with van der Waals surface area (Å²) in [5, 5.41) is 5.63. The molecule has 2 nitrogen and oxygen atoms in total. The first-order valence-electron chi connectivity index (χ1n) is 9.71. The number of hydrogen-bond acceptors (Lipinski definition) is 2. The van der Waals surface area contributed by atoms with Gasteiger partial charge in [-0.2, -0.15) is 0 Å². The molecule has 0 aliphatic carbocycles. The van der Waals surface area contributed by atoms with E-state index >= 15 is 0 Å². The minimum absolute atomic E-state index is 0.994. The van der Waals surface area contributed by atoms with Crippen molar-refractivity contribution >= 4 is 32.9 Å². The topological polar surface area (TPSA) is 6.48 Å². The Balaban J connectivity index is 2.76. The van der Waals surface area contributed by atoms with Crippen LogP contribution in [0.5, 0.6) is 0 Å². The Labute approximate surface area is 158 Å². The van der Waals surface area contributed by atoms with E-state index in [2.05, 4.69) is 89.7 Å². The van der Waals surface area contributed by atoms with Crippen molar-refractivity contribution in [3.05, 3.63) is 46.5 Å². The number of benzene rings is 3. The van der Waals surface area contributed by atoms with Crippen molar-refractivity contribution in [2.45, 2.75) is 41.5 Å². The molecule has 3 aromatic rings. The van der Waals surface area contributed by atoms with Gasteiger partial charge < -0.3 is 9.80 Å². The molecule has 26 heavy (non-hydrogen) atoms. The fraction of sp³-hybridized carbons (Fsp3) is 0.417. The van der Waals surface area contributed by atoms with Gasteiger partial charge in [-0.25, -0.2) is 0 Å². The van der Waals surface area contributed by atoms with E-state index in [9.17, 15) is 0 Å². The minimum atomic E-state index is 0.994. The molecule has 0 bridgehead atoms. The molecule has 0 N–H and O–H groups in total. The summed E-state index contributed by atoms with van der Waals surface area (Å²) in [5.74, 6) is 0. The van der Waals surface area contributed by atoms with Crippen molar-refractivity contribution in [2.24, 2.45) is 0 Å². The highest BCUT2D eigenvalue weighted by atomic mass is 15.1. The van der Waals surface area contributed by atoms with E-state index in [0.717, 1.165) is 13.1 Å². The van der Waals surface area contributed by atoms with Gasteiger partial charge in [0.15, 0.2) is 0 Å². The molecule has 0 amide bonds. The zero-order valence-electron chi connectivity index (χ0n) is 17.6. The van der Waals surface area contributed by atoms with Crippen LogP contribution in [0.15, 0.2) is 24.3 Å². The summed E-state index contributed by atoms with van der Waals surface area (Å²) in [6.07, 6.45) is 0. The molecular weight excluding hydrogens is 316 g/mol. The van der Waals surface area contributed by atoms with Gasteiger partial charge in [-0.3, -0.25) is 0 Å². The predicted molar refractivity (Wildman–Crippen MR) is 118 cm³/mol. The molecule has 0 radical (unpaired) electrons. The molecule has 3 aromatic carbocycles. The van der Waals surface area contributed by atoms with Gasteiger partial charge in [0.1, 0.15) is 0 Å². The molecule has 138 valence electrons. The number of rotatable bonds is 4. The van der Waals surface area contributed by atoms with Crippen LogP contribution in [0.4, 0.5) is 11.4 Å². The Hall–Kier alpha value is -2.22. The SMILES string of the molecule is CCN(C)c1c2c(C)ccc(C)c2c(N(C)CC)c2c(C)ccc(C)c12. The highest BCUT2D eigenvalue weighted by molar-refractivity contribution is 6.23. The van der Waals surface area contributed by atoms with Crippen LogP contribution in [0, 0.1) is 27.7 Å². The highest BCUT2D eigenvalue weighted by Crippen LogP contribution is 2.47. The van der Waals surface area contributed by atoms with Crippen LogP contribution in [0.1, 0.15) is 36.1 Å². The number of fused-ring (bicyclic) bond motifs is 2. The monoisotopic (exact) mass is 348 g/mol. The number of aryl methyl sites for hydroxylation is 4. The van der Waals surface area contributed by atoms with Crippen molar-refractivity contribution in [2.75, 3.05) is 37.0 Å². The fourth-order valence-corrected chi connectivity index (χ4v) is 4.17. The lowest BCUT2D eigenvalue weighted by Crippen LogP contribution is -2.21. The third-order valence-electron chi connectivity index (χ3n) is 5.90. The average molecular weight is 349 g/mol. The van der Waals surface area contributed by atoms with E-state index in [-0.39, 0.29) is 0 Å². The molecule has 0 aromatic heterocycles. The quantitative estimate of drug-likeness (QED) is 0.413. The van der Waals surface area contributed by atoms with Crippen molar-refractivity contribution in [1.29, 1.82) is 0 Å². The van der Waals surface area contributed by atoms with Crippen LogP contribution >= 0.6 is 0 Å². The van der Waals surface area contributed by atoms with Gasteiger partial charge in [0.2, 0.25) is 0 Å². The van der Waals surface area contributed by atoms with E-state index in [4.69, 9.17) is 0 Å². The molecule has 2 heteroatoms. The molecule has 0 aliphatic heterocycles. The summed E-state index contributed by atoms with van der Waals surface area (Å²) >= 11 is 0. The van der Waals surface area contributed by atoms with E-state index < -0.39 is 0 Å². The Morgan fingerprint density at radius 3 is 0.962 bits per heavy atom. The van der Waals surface area contributed by atoms with Crippen LogP contribution in [-0.2, 0) is 0 Å². The summed E-state index contributed by atoms with van der Waals surface area (Å²) in [6, 6.07) is 9.10. The summed E-state index contributed by atoms with van der Waals surface area (Å²) < 4.78 is 0. The molecular formula is C24H32N2. The van der Waals surface area contributed by atoms with Gasteiger partial charge in [-0.05, 0) is 63.8 Å². The number of anilines is 2. The van der Waals surface area contributed by atoms with E-state index in [0.29, 0.717) is 0 Å². The van der Waals surface area contributed by atoms with Gasteiger partial charge in [0.25, 0.3) is 0 Å². The van der Waals surface area contributed by atoms with Crippen molar-refractivity contribution in [3.8, 4) is 0 Å². The fourth-order valence-electron chi connectivity index (χ4n) is 4.17. The van der Waals surface area contributed by atoms with E-state index in [1.54, 1.807) is 0 Å². The van der Waals surface area contributed by atoms with Crippen LogP contribution in [-0.4, -0.2) is 27.2 Å². The number of nitrogens with zero attached hydrogens (tertiary/aromatic N) is 2. The van der Waals surface area contributed by atoms with Crippen LogP contribution in [0.2, 0.25) is 0 Å². The molecule has 0 unspecified atom stereocenters. The lowest BCUT2D eigenvalue weighted by molar-refractivity contribution is 0.970. The predicted octanol–water partition coefficient (Wildman–Crippen LogP) is 6.14. The maximum atomic E-state index is 2.42. The maximum Gasteiger partial charge on any atom is 0.0530 e. The molecule has 0 saturated heterocycles. The molecule has 0 saturated carbocycles. The van der Waals surface area contributed by atoms with Crippen LogP contribution < -0.4 is 9.80 Å². The minimum Gasteiger partial charge on any atom is -0.374 e. The number of hydrogen-bond donors (Lipinski definition) is 0. The lowest BCUT2D eigenvalue weighted by atomic mass is 9.88. The first-order chi connectivity index (χ1) is 12.3. The van der Waals surface area contributed by atoms with Crippen molar-refractivity contribution < 1.29 is 0 Å². The lowest BCUT2D eigenvalue weighted by Gasteiger charge is -2.30. The Kier molecular flexibility index (Phi) is 4.88. The molecule has 0 fully saturated rings. The third kappa shape index (κ3) is 2.63. The third-order valence-corrected chi connectivity index (χ3v) is 5.90. The van der Waals surface area contributed by atoms with Crippen LogP contribution in [0.3, 0.4) is 0 Å². The second-order valence-electron chi connectivity index (χ2n) is 7.62. The first kappa shape index (κ1) is 18.6. The summed E-state index contributed by atoms with van der Waals surface area (Å²) in [6.45, 7) is 15.5. The van der Waals surface area contributed by atoms with Crippen molar-refractivity contribution in [1.82, 2.24) is 0 Å².